The Bertz CT molecular complexity index is 951. The first-order chi connectivity index (χ1) is 16.0. The minimum atomic E-state index is -0.674. The van der Waals surface area contributed by atoms with Gasteiger partial charge in [0.05, 0.1) is 19.6 Å². The predicted octanol–water partition coefficient (Wildman–Crippen LogP) is 5.50. The molecule has 4 aliphatic rings. The summed E-state index contributed by atoms with van der Waals surface area (Å²) in [6.07, 6.45) is 6.94. The Morgan fingerprint density at radius 2 is 1.97 bits per heavy atom. The number of nitrogens with zero attached hydrogens (tertiary/aromatic N) is 2. The number of esters is 1. The van der Waals surface area contributed by atoms with Crippen LogP contribution in [0.4, 0.5) is 0 Å². The van der Waals surface area contributed by atoms with Crippen molar-refractivity contribution >= 4 is 28.9 Å². The van der Waals surface area contributed by atoms with Crippen molar-refractivity contribution in [3.05, 3.63) is 57.2 Å². The number of quaternary nitrogens is 1. The van der Waals surface area contributed by atoms with Gasteiger partial charge in [-0.1, -0.05) is 36.2 Å². The van der Waals surface area contributed by atoms with Gasteiger partial charge in [-0.05, 0) is 62.0 Å². The van der Waals surface area contributed by atoms with Crippen LogP contribution < -0.4 is 0 Å². The quantitative estimate of drug-likeness (QED) is 0.381. The number of benzene rings is 1. The highest BCUT2D eigenvalue weighted by atomic mass is 35.5. The molecule has 33 heavy (non-hydrogen) atoms. The number of carbonyl (C=O) groups is 1. The molecule has 2 bridgehead atoms. The molecule has 0 spiro atoms. The van der Waals surface area contributed by atoms with E-state index in [2.05, 4.69) is 41.5 Å². The lowest BCUT2D eigenvalue weighted by Gasteiger charge is -2.52. The molecule has 2 atom stereocenters. The van der Waals surface area contributed by atoms with Gasteiger partial charge in [-0.3, -0.25) is 4.90 Å². The number of likely N-dealkylation sites (tertiary alicyclic amines) is 1. The summed E-state index contributed by atoms with van der Waals surface area (Å²) in [5, 5.41) is 2.89. The number of halogens is 1. The highest BCUT2D eigenvalue weighted by molar-refractivity contribution is 7.10. The van der Waals surface area contributed by atoms with Gasteiger partial charge >= 0.3 is 5.97 Å². The molecular formula is C27H36ClN2O2S+. The van der Waals surface area contributed by atoms with E-state index in [1.165, 1.54) is 25.1 Å². The van der Waals surface area contributed by atoms with Crippen molar-refractivity contribution in [3.63, 3.8) is 0 Å². The second kappa shape index (κ2) is 9.69. The number of piperidine rings is 4. The van der Waals surface area contributed by atoms with Crippen LogP contribution in [0.15, 0.2) is 41.8 Å². The summed E-state index contributed by atoms with van der Waals surface area (Å²) in [5.74, 6) is 0.465. The maximum Gasteiger partial charge on any atom is 0.332 e. The van der Waals surface area contributed by atoms with Crippen LogP contribution >= 0.6 is 22.9 Å². The summed E-state index contributed by atoms with van der Waals surface area (Å²) in [7, 11) is 0. The van der Waals surface area contributed by atoms with Crippen molar-refractivity contribution in [1.82, 2.24) is 4.90 Å². The molecule has 1 aromatic carbocycles. The first-order valence-electron chi connectivity index (χ1n) is 12.6. The van der Waals surface area contributed by atoms with Crippen molar-refractivity contribution < 1.29 is 14.0 Å². The Hall–Kier alpha value is -1.40. The van der Waals surface area contributed by atoms with E-state index in [4.69, 9.17) is 16.3 Å². The fourth-order valence-corrected chi connectivity index (χ4v) is 7.38. The lowest BCUT2D eigenvalue weighted by Crippen LogP contribution is -2.65. The average molecular weight is 488 g/mol. The summed E-state index contributed by atoms with van der Waals surface area (Å²) in [6, 6.07) is 12.4. The summed E-state index contributed by atoms with van der Waals surface area (Å²) in [5.41, 5.74) is 0.623. The second-order valence-corrected chi connectivity index (χ2v) is 11.8. The van der Waals surface area contributed by atoms with Gasteiger partial charge in [0.15, 0.2) is 11.6 Å². The maximum absolute atomic E-state index is 13.8. The third kappa shape index (κ3) is 4.75. The molecule has 2 aromatic rings. The number of hydrogen-bond donors (Lipinski definition) is 0. The Morgan fingerprint density at radius 3 is 2.67 bits per heavy atom. The molecule has 0 aliphatic carbocycles. The smallest absolute Gasteiger partial charge is 0.332 e. The van der Waals surface area contributed by atoms with Crippen LogP contribution in [-0.2, 0) is 21.5 Å². The molecule has 1 aromatic heterocycles. The van der Waals surface area contributed by atoms with Gasteiger partial charge in [0.2, 0.25) is 0 Å². The van der Waals surface area contributed by atoms with Crippen LogP contribution in [0.25, 0.3) is 0 Å². The molecule has 0 saturated carbocycles. The van der Waals surface area contributed by atoms with E-state index in [9.17, 15) is 4.79 Å². The summed E-state index contributed by atoms with van der Waals surface area (Å²) in [6.45, 7) is 8.49. The number of fused-ring (bicyclic) bond motifs is 3. The third-order valence-electron chi connectivity index (χ3n) is 8.45. The topological polar surface area (TPSA) is 29.5 Å². The molecule has 4 saturated heterocycles. The molecule has 4 fully saturated rings. The fraction of sp³-hybridized carbons (Fsp3) is 0.593. The summed E-state index contributed by atoms with van der Waals surface area (Å²) < 4.78 is 7.52. The van der Waals surface area contributed by atoms with E-state index in [0.717, 1.165) is 72.7 Å². The second-order valence-electron chi connectivity index (χ2n) is 10.5. The monoisotopic (exact) mass is 487 g/mol. The van der Waals surface area contributed by atoms with E-state index >= 15 is 0 Å². The molecule has 0 radical (unpaired) electrons. The van der Waals surface area contributed by atoms with E-state index in [1.807, 2.05) is 12.1 Å². The van der Waals surface area contributed by atoms with Gasteiger partial charge in [0.1, 0.15) is 6.54 Å². The highest BCUT2D eigenvalue weighted by Crippen LogP contribution is 2.40. The molecular weight excluding hydrogens is 452 g/mol. The first kappa shape index (κ1) is 23.3. The Labute approximate surface area is 207 Å². The minimum absolute atomic E-state index is 0.0310. The van der Waals surface area contributed by atoms with Crippen molar-refractivity contribution in [3.8, 4) is 0 Å². The lowest BCUT2D eigenvalue weighted by molar-refractivity contribution is -0.946. The van der Waals surface area contributed by atoms with E-state index < -0.39 is 5.54 Å². The Kier molecular flexibility index (Phi) is 6.86. The number of rotatable bonds is 7. The zero-order chi connectivity index (χ0) is 22.9. The van der Waals surface area contributed by atoms with Gasteiger partial charge in [-0.2, -0.15) is 0 Å². The van der Waals surface area contributed by atoms with E-state index in [0.29, 0.717) is 5.92 Å². The largest absolute Gasteiger partial charge is 0.454 e. The average Bonchev–Trinajstić information content (AvgIpc) is 3.39. The van der Waals surface area contributed by atoms with E-state index in [1.54, 1.807) is 11.3 Å². The molecule has 5 heterocycles. The number of hydrogen-bond acceptors (Lipinski definition) is 4. The van der Waals surface area contributed by atoms with Gasteiger partial charge < -0.3 is 9.22 Å². The molecule has 6 heteroatoms. The van der Waals surface area contributed by atoms with Crippen LogP contribution in [0.3, 0.4) is 0 Å². The predicted molar refractivity (Wildman–Crippen MR) is 135 cm³/mol. The zero-order valence-electron chi connectivity index (χ0n) is 19.7. The summed E-state index contributed by atoms with van der Waals surface area (Å²) in [4.78, 5) is 17.3. The Balaban J connectivity index is 1.30. The SMILES string of the molecule is C[C@@](C(=O)O[C@H]1C[N+]2(CCc3cccc(Cl)c3)CCC1CC2)(c1cccs1)N1CCCCC1. The maximum atomic E-state index is 13.8. The molecule has 0 amide bonds. The fourth-order valence-electron chi connectivity index (χ4n) is 6.26. The van der Waals surface area contributed by atoms with Crippen molar-refractivity contribution in [2.24, 2.45) is 5.92 Å². The molecule has 4 nitrogen and oxygen atoms in total. The molecule has 4 aliphatic heterocycles. The number of carbonyl (C=O) groups excluding carboxylic acids is 1. The summed E-state index contributed by atoms with van der Waals surface area (Å²) >= 11 is 7.88. The van der Waals surface area contributed by atoms with Gasteiger partial charge in [-0.15, -0.1) is 11.3 Å². The van der Waals surface area contributed by atoms with Crippen LogP contribution in [0, 0.1) is 5.92 Å². The van der Waals surface area contributed by atoms with Crippen molar-refractivity contribution in [1.29, 1.82) is 0 Å². The standard InChI is InChI=1S/C27H36ClN2O2S/c1-27(25-9-6-18-33-25,29-13-3-2-4-14-29)26(31)32-24-20-30(16-11-22(24)12-17-30)15-10-21-7-5-8-23(28)19-21/h5-9,18-19,22,24H,2-4,10-17,20H2,1H3/q+1/t22?,24-,27-,30?/m0/s1. The Morgan fingerprint density at radius 1 is 1.18 bits per heavy atom. The molecule has 178 valence electrons. The van der Waals surface area contributed by atoms with Crippen molar-refractivity contribution in [2.45, 2.75) is 57.1 Å². The first-order valence-corrected chi connectivity index (χ1v) is 13.8. The zero-order valence-corrected chi connectivity index (χ0v) is 21.3. The lowest BCUT2D eigenvalue weighted by atomic mass is 9.82. The third-order valence-corrected chi connectivity index (χ3v) is 9.77. The van der Waals surface area contributed by atoms with E-state index in [-0.39, 0.29) is 12.1 Å². The van der Waals surface area contributed by atoms with Crippen molar-refractivity contribution in [2.75, 3.05) is 39.3 Å². The van der Waals surface area contributed by atoms with Crippen LogP contribution in [0.5, 0.6) is 0 Å². The van der Waals surface area contributed by atoms with Gasteiger partial charge in [-0.25, -0.2) is 4.79 Å². The number of thiophene rings is 1. The highest BCUT2D eigenvalue weighted by Gasteiger charge is 2.50. The minimum Gasteiger partial charge on any atom is -0.454 e. The van der Waals surface area contributed by atoms with Crippen LogP contribution in [-0.4, -0.2) is 60.7 Å². The normalized spacial score (nSPS) is 29.5. The van der Waals surface area contributed by atoms with Gasteiger partial charge in [0, 0.05) is 35.1 Å². The molecule has 0 unspecified atom stereocenters. The number of ether oxygens (including phenoxy) is 1. The molecule has 6 rings (SSSR count). The van der Waals surface area contributed by atoms with Gasteiger partial charge in [0.25, 0.3) is 0 Å². The van der Waals surface area contributed by atoms with Crippen LogP contribution in [0.2, 0.25) is 5.02 Å². The molecule has 0 N–H and O–H groups in total. The van der Waals surface area contributed by atoms with Crippen LogP contribution in [0.1, 0.15) is 49.5 Å².